The predicted octanol–water partition coefficient (Wildman–Crippen LogP) is 0.786. The highest BCUT2D eigenvalue weighted by Gasteiger charge is 2.23. The van der Waals surface area contributed by atoms with E-state index in [0.29, 0.717) is 32.7 Å². The molecule has 1 unspecified atom stereocenters. The lowest BCUT2D eigenvalue weighted by Crippen LogP contribution is -2.45. The maximum atomic E-state index is 12.4. The first-order valence-electron chi connectivity index (χ1n) is 7.12. The summed E-state index contributed by atoms with van der Waals surface area (Å²) < 4.78 is 11.1. The molecule has 0 spiro atoms. The number of ether oxygens (including phenoxy) is 2. The van der Waals surface area contributed by atoms with Gasteiger partial charge in [-0.1, -0.05) is 18.2 Å². The summed E-state index contributed by atoms with van der Waals surface area (Å²) in [5, 5.41) is 3.32. The number of benzene rings is 1. The highest BCUT2D eigenvalue weighted by molar-refractivity contribution is 5.77. The van der Waals surface area contributed by atoms with Gasteiger partial charge in [-0.25, -0.2) is 0 Å². The van der Waals surface area contributed by atoms with Crippen molar-refractivity contribution < 1.29 is 14.3 Å². The molecule has 3 rings (SSSR count). The van der Waals surface area contributed by atoms with E-state index in [-0.39, 0.29) is 11.9 Å². The minimum atomic E-state index is 0.135. The fourth-order valence-corrected chi connectivity index (χ4v) is 2.63. The van der Waals surface area contributed by atoms with Crippen LogP contribution in [0.5, 0.6) is 5.75 Å². The van der Waals surface area contributed by atoms with E-state index in [1.807, 2.05) is 29.2 Å². The standard InChI is InChI=1S/C15H20N2O3/c18-15(9-13-11-19-7-5-16-13)17-6-8-20-14-4-2-1-3-12(14)10-17/h1-4,13,16H,5-11H2. The summed E-state index contributed by atoms with van der Waals surface area (Å²) in [5.41, 5.74) is 1.08. The third kappa shape index (κ3) is 3.11. The van der Waals surface area contributed by atoms with Crippen molar-refractivity contribution >= 4 is 5.91 Å². The zero-order chi connectivity index (χ0) is 13.8. The van der Waals surface area contributed by atoms with Crippen LogP contribution in [0.1, 0.15) is 12.0 Å². The number of nitrogens with zero attached hydrogens (tertiary/aromatic N) is 1. The first-order valence-corrected chi connectivity index (χ1v) is 7.12. The second kappa shape index (κ2) is 6.24. The third-order valence-electron chi connectivity index (χ3n) is 3.72. The number of para-hydroxylation sites is 1. The van der Waals surface area contributed by atoms with Crippen molar-refractivity contribution in [1.82, 2.24) is 10.2 Å². The summed E-state index contributed by atoms with van der Waals surface area (Å²) in [7, 11) is 0. The molecule has 108 valence electrons. The average molecular weight is 276 g/mol. The van der Waals surface area contributed by atoms with Gasteiger partial charge in [0, 0.05) is 31.1 Å². The monoisotopic (exact) mass is 276 g/mol. The summed E-state index contributed by atoms with van der Waals surface area (Å²) in [4.78, 5) is 14.3. The maximum absolute atomic E-state index is 12.4. The van der Waals surface area contributed by atoms with E-state index in [2.05, 4.69) is 5.32 Å². The molecule has 1 aromatic rings. The molecule has 0 aliphatic carbocycles. The average Bonchev–Trinajstić information content (AvgIpc) is 2.70. The van der Waals surface area contributed by atoms with Crippen LogP contribution in [0.2, 0.25) is 0 Å². The van der Waals surface area contributed by atoms with E-state index in [1.54, 1.807) is 0 Å². The lowest BCUT2D eigenvalue weighted by molar-refractivity contribution is -0.133. The van der Waals surface area contributed by atoms with E-state index in [0.717, 1.165) is 24.5 Å². The van der Waals surface area contributed by atoms with E-state index in [1.165, 1.54) is 0 Å². The molecule has 1 N–H and O–H groups in total. The van der Waals surface area contributed by atoms with Gasteiger partial charge in [0.15, 0.2) is 0 Å². The van der Waals surface area contributed by atoms with Crippen LogP contribution in [0, 0.1) is 0 Å². The lowest BCUT2D eigenvalue weighted by Gasteiger charge is -2.26. The number of rotatable bonds is 2. The van der Waals surface area contributed by atoms with Gasteiger partial charge in [0.1, 0.15) is 12.4 Å². The quantitative estimate of drug-likeness (QED) is 0.867. The van der Waals surface area contributed by atoms with Gasteiger partial charge in [-0.3, -0.25) is 4.79 Å². The number of amides is 1. The Kier molecular flexibility index (Phi) is 4.18. The molecule has 1 aromatic carbocycles. The van der Waals surface area contributed by atoms with Gasteiger partial charge < -0.3 is 19.7 Å². The summed E-state index contributed by atoms with van der Waals surface area (Å²) in [6.45, 7) is 3.99. The number of fused-ring (bicyclic) bond motifs is 1. The SMILES string of the molecule is O=C(CC1COCCN1)N1CCOc2ccccc2C1. The Labute approximate surface area is 118 Å². The van der Waals surface area contributed by atoms with Crippen LogP contribution in [-0.4, -0.2) is 49.8 Å². The van der Waals surface area contributed by atoms with Gasteiger partial charge in [0.05, 0.1) is 19.8 Å². The molecule has 1 amide bonds. The molecule has 2 heterocycles. The van der Waals surface area contributed by atoms with Gasteiger partial charge in [-0.05, 0) is 6.07 Å². The predicted molar refractivity (Wildman–Crippen MR) is 74.6 cm³/mol. The molecule has 2 aliphatic rings. The van der Waals surface area contributed by atoms with Crippen molar-refractivity contribution in [3.05, 3.63) is 29.8 Å². The third-order valence-corrected chi connectivity index (χ3v) is 3.72. The molecule has 5 nitrogen and oxygen atoms in total. The fourth-order valence-electron chi connectivity index (χ4n) is 2.63. The van der Waals surface area contributed by atoms with Crippen molar-refractivity contribution in [2.45, 2.75) is 19.0 Å². The minimum absolute atomic E-state index is 0.135. The number of carbonyl (C=O) groups is 1. The summed E-state index contributed by atoms with van der Waals surface area (Å²) in [6.07, 6.45) is 0.488. The van der Waals surface area contributed by atoms with Crippen molar-refractivity contribution in [2.24, 2.45) is 0 Å². The summed E-state index contributed by atoms with van der Waals surface area (Å²) >= 11 is 0. The van der Waals surface area contributed by atoms with Crippen molar-refractivity contribution in [1.29, 1.82) is 0 Å². The topological polar surface area (TPSA) is 50.8 Å². The number of nitrogens with one attached hydrogen (secondary N) is 1. The van der Waals surface area contributed by atoms with E-state index in [9.17, 15) is 4.79 Å². The molecular weight excluding hydrogens is 256 g/mol. The molecule has 20 heavy (non-hydrogen) atoms. The van der Waals surface area contributed by atoms with Crippen LogP contribution in [-0.2, 0) is 16.1 Å². The molecule has 0 bridgehead atoms. The van der Waals surface area contributed by atoms with E-state index >= 15 is 0 Å². The highest BCUT2D eigenvalue weighted by Crippen LogP contribution is 2.22. The Morgan fingerprint density at radius 3 is 3.10 bits per heavy atom. The Balaban J connectivity index is 1.63. The highest BCUT2D eigenvalue weighted by atomic mass is 16.5. The van der Waals surface area contributed by atoms with Crippen LogP contribution in [0.3, 0.4) is 0 Å². The smallest absolute Gasteiger partial charge is 0.224 e. The van der Waals surface area contributed by atoms with Crippen molar-refractivity contribution in [3.8, 4) is 5.75 Å². The van der Waals surface area contributed by atoms with Gasteiger partial charge in [0.25, 0.3) is 0 Å². The van der Waals surface area contributed by atoms with Gasteiger partial charge in [0.2, 0.25) is 5.91 Å². The zero-order valence-electron chi connectivity index (χ0n) is 11.5. The van der Waals surface area contributed by atoms with Crippen molar-refractivity contribution in [2.75, 3.05) is 32.9 Å². The van der Waals surface area contributed by atoms with Crippen LogP contribution < -0.4 is 10.1 Å². The Morgan fingerprint density at radius 1 is 1.35 bits per heavy atom. The van der Waals surface area contributed by atoms with Gasteiger partial charge in [-0.15, -0.1) is 0 Å². The zero-order valence-corrected chi connectivity index (χ0v) is 11.5. The van der Waals surface area contributed by atoms with Crippen molar-refractivity contribution in [3.63, 3.8) is 0 Å². The molecule has 1 saturated heterocycles. The van der Waals surface area contributed by atoms with Crippen LogP contribution >= 0.6 is 0 Å². The van der Waals surface area contributed by atoms with E-state index in [4.69, 9.17) is 9.47 Å². The minimum Gasteiger partial charge on any atom is -0.491 e. The largest absolute Gasteiger partial charge is 0.491 e. The van der Waals surface area contributed by atoms with Crippen LogP contribution in [0.15, 0.2) is 24.3 Å². The molecule has 2 aliphatic heterocycles. The Morgan fingerprint density at radius 2 is 2.25 bits per heavy atom. The number of hydrogen-bond acceptors (Lipinski definition) is 4. The number of hydrogen-bond donors (Lipinski definition) is 1. The molecule has 1 atom stereocenters. The van der Waals surface area contributed by atoms with Gasteiger partial charge >= 0.3 is 0 Å². The second-order valence-corrected chi connectivity index (χ2v) is 5.20. The molecule has 5 heteroatoms. The normalized spacial score (nSPS) is 22.6. The Hall–Kier alpha value is -1.59. The fraction of sp³-hybridized carbons (Fsp3) is 0.533. The first-order chi connectivity index (χ1) is 9.83. The van der Waals surface area contributed by atoms with Gasteiger partial charge in [-0.2, -0.15) is 0 Å². The van der Waals surface area contributed by atoms with Crippen LogP contribution in [0.25, 0.3) is 0 Å². The van der Waals surface area contributed by atoms with Crippen LogP contribution in [0.4, 0.5) is 0 Å². The molecule has 1 fully saturated rings. The molecule has 0 radical (unpaired) electrons. The lowest BCUT2D eigenvalue weighted by atomic mass is 10.1. The maximum Gasteiger partial charge on any atom is 0.224 e. The molecule has 0 aromatic heterocycles. The van der Waals surface area contributed by atoms with E-state index < -0.39 is 0 Å². The number of morpholine rings is 1. The summed E-state index contributed by atoms with van der Waals surface area (Å²) in [5.74, 6) is 1.05. The molecule has 0 saturated carbocycles. The molecular formula is C15H20N2O3. The Bertz CT molecular complexity index is 472. The second-order valence-electron chi connectivity index (χ2n) is 5.20. The number of carbonyl (C=O) groups excluding carboxylic acids is 1. The first kappa shape index (κ1) is 13.4. The summed E-state index contributed by atoms with van der Waals surface area (Å²) in [6, 6.07) is 8.05.